The quantitative estimate of drug-likeness (QED) is 0.288. The average molecular weight is 586 g/mol. The molecule has 7 aliphatic rings. The predicted octanol–water partition coefficient (Wildman–Crippen LogP) is 5.25. The maximum absolute atomic E-state index is 14.1. The topological polar surface area (TPSA) is 52.6 Å². The van der Waals surface area contributed by atoms with Gasteiger partial charge in [0, 0.05) is 11.8 Å². The highest BCUT2D eigenvalue weighted by Gasteiger charge is 2.91. The van der Waals surface area contributed by atoms with Crippen LogP contribution in [0, 0.1) is 23.7 Å². The van der Waals surface area contributed by atoms with E-state index in [1.54, 1.807) is 12.2 Å². The molecule has 6 aliphatic carbocycles. The van der Waals surface area contributed by atoms with Crippen LogP contribution < -0.4 is 0 Å². The van der Waals surface area contributed by atoms with Crippen LogP contribution in [0.25, 0.3) is 0 Å². The molecule has 0 unspecified atom stereocenters. The van der Waals surface area contributed by atoms with E-state index < -0.39 is 60.5 Å². The number of rotatable bonds is 0. The number of ketones is 2. The van der Waals surface area contributed by atoms with E-state index in [2.05, 4.69) is 0 Å². The molecule has 1 heterocycles. The van der Waals surface area contributed by atoms with Crippen LogP contribution in [0.2, 0.25) is 0 Å². The van der Waals surface area contributed by atoms with Crippen LogP contribution in [0.4, 0.5) is 0 Å². The molecule has 0 amide bonds. The monoisotopic (exact) mass is 582 g/mol. The van der Waals surface area contributed by atoms with Crippen LogP contribution in [0.3, 0.4) is 0 Å². The lowest BCUT2D eigenvalue weighted by molar-refractivity contribution is -0.175. The zero-order valence-electron chi connectivity index (χ0n) is 15.0. The van der Waals surface area contributed by atoms with E-state index in [0.29, 0.717) is 0 Å². The van der Waals surface area contributed by atoms with Gasteiger partial charge in [0.2, 0.25) is 5.79 Å². The summed E-state index contributed by atoms with van der Waals surface area (Å²) in [7, 11) is 0. The van der Waals surface area contributed by atoms with Crippen LogP contribution in [-0.4, -0.2) is 50.1 Å². The number of Topliss-reactive ketones (excluding diaryl/α,β-unsaturated/α-hetero) is 2. The Bertz CT molecular complexity index is 1090. The molecule has 12 heteroatoms. The summed E-state index contributed by atoms with van der Waals surface area (Å²) in [6, 6.07) is 0. The molecular formula is C19H10Cl8O4. The number of ether oxygens (including phenoxy) is 2. The first kappa shape index (κ1) is 22.3. The third-order valence-electron chi connectivity index (χ3n) is 7.70. The standard InChI is InChI=1S/C19H10Cl8O4/c20-9-11(21)15(24)6-2-1-5(16(15,25)14(9)29)7-8(10(6)28)18(27)13(23)12(22)17(7,26)19(18)30-3-4-31-19/h1-2,5-8H,3-4H2/t5-,6+,7+,8-,15+,16+,17+,18+/m0/s1. The van der Waals surface area contributed by atoms with Gasteiger partial charge in [0.25, 0.3) is 0 Å². The largest absolute Gasteiger partial charge is 0.344 e. The van der Waals surface area contributed by atoms with E-state index in [0.717, 1.165) is 0 Å². The zero-order valence-corrected chi connectivity index (χ0v) is 21.1. The van der Waals surface area contributed by atoms with Gasteiger partial charge < -0.3 is 9.47 Å². The third-order valence-corrected chi connectivity index (χ3v) is 12.9. The number of alkyl halides is 4. The van der Waals surface area contributed by atoms with Crippen LogP contribution >= 0.6 is 92.8 Å². The van der Waals surface area contributed by atoms with Crippen LogP contribution in [0.1, 0.15) is 0 Å². The van der Waals surface area contributed by atoms with Crippen molar-refractivity contribution in [2.75, 3.05) is 13.2 Å². The fourth-order valence-electron chi connectivity index (χ4n) is 6.57. The highest BCUT2D eigenvalue weighted by Crippen LogP contribution is 2.80. The lowest BCUT2D eigenvalue weighted by Crippen LogP contribution is -2.62. The van der Waals surface area contributed by atoms with Gasteiger partial charge >= 0.3 is 0 Å². The Kier molecular flexibility index (Phi) is 4.40. The fraction of sp³-hybridized carbons (Fsp3) is 0.579. The Morgan fingerprint density at radius 1 is 0.774 bits per heavy atom. The van der Waals surface area contributed by atoms with Gasteiger partial charge in [0.05, 0.1) is 40.1 Å². The molecule has 1 spiro atoms. The van der Waals surface area contributed by atoms with Crippen molar-refractivity contribution in [3.63, 3.8) is 0 Å². The summed E-state index contributed by atoms with van der Waals surface area (Å²) < 4.78 is 11.9. The van der Waals surface area contributed by atoms with Gasteiger partial charge in [-0.15, -0.1) is 46.4 Å². The molecule has 1 aliphatic heterocycles. The van der Waals surface area contributed by atoms with Gasteiger partial charge in [-0.1, -0.05) is 58.6 Å². The molecule has 0 N–H and O–H groups in total. The van der Waals surface area contributed by atoms with Gasteiger partial charge in [-0.25, -0.2) is 0 Å². The lowest BCUT2D eigenvalue weighted by Gasteiger charge is -2.48. The van der Waals surface area contributed by atoms with Crippen molar-refractivity contribution in [2.45, 2.75) is 25.3 Å². The molecule has 8 atom stereocenters. The number of halogens is 8. The Balaban J connectivity index is 1.69. The van der Waals surface area contributed by atoms with Gasteiger partial charge in [-0.05, 0) is 0 Å². The second-order valence-corrected chi connectivity index (χ2v) is 12.4. The maximum Gasteiger partial charge on any atom is 0.218 e. The Hall–Kier alpha value is 0.800. The summed E-state index contributed by atoms with van der Waals surface area (Å²) in [5.74, 6) is -6.93. The lowest BCUT2D eigenvalue weighted by atomic mass is 9.66. The van der Waals surface area contributed by atoms with E-state index in [1.807, 2.05) is 0 Å². The average Bonchev–Trinajstić information content (AvgIpc) is 3.32. The van der Waals surface area contributed by atoms with Gasteiger partial charge in [-0.2, -0.15) is 0 Å². The third kappa shape index (κ3) is 1.84. The maximum atomic E-state index is 14.1. The first-order valence-corrected chi connectivity index (χ1v) is 12.3. The summed E-state index contributed by atoms with van der Waals surface area (Å²) >= 11 is 54.3. The van der Waals surface area contributed by atoms with Crippen LogP contribution in [0.15, 0.2) is 32.3 Å². The van der Waals surface area contributed by atoms with Gasteiger partial charge in [0.15, 0.2) is 5.78 Å². The molecule has 3 fully saturated rings. The van der Waals surface area contributed by atoms with E-state index >= 15 is 0 Å². The molecule has 2 saturated carbocycles. The number of allylic oxidation sites excluding steroid dienone is 4. The molecule has 31 heavy (non-hydrogen) atoms. The van der Waals surface area contributed by atoms with Crippen molar-refractivity contribution in [1.82, 2.24) is 0 Å². The summed E-state index contributed by atoms with van der Waals surface area (Å²) in [6.45, 7) is 0.330. The summed E-state index contributed by atoms with van der Waals surface area (Å²) in [6.07, 6.45) is 3.22. The second-order valence-electron chi connectivity index (χ2n) is 8.54. The summed E-state index contributed by atoms with van der Waals surface area (Å²) in [4.78, 5) is 20.2. The van der Waals surface area contributed by atoms with Gasteiger partial charge in [-0.3, -0.25) is 9.59 Å². The molecule has 0 aromatic carbocycles. The summed E-state index contributed by atoms with van der Waals surface area (Å²) in [5.41, 5.74) is 0. The Labute approximate surface area is 216 Å². The highest BCUT2D eigenvalue weighted by molar-refractivity contribution is 6.63. The molecule has 7 rings (SSSR count). The first-order valence-electron chi connectivity index (χ1n) is 9.30. The Morgan fingerprint density at radius 2 is 1.35 bits per heavy atom. The first-order chi connectivity index (χ1) is 14.4. The second kappa shape index (κ2) is 6.13. The van der Waals surface area contributed by atoms with Crippen molar-refractivity contribution >= 4 is 104 Å². The molecule has 4 nitrogen and oxygen atoms in total. The highest BCUT2D eigenvalue weighted by atomic mass is 35.5. The van der Waals surface area contributed by atoms with E-state index in [-0.39, 0.29) is 33.3 Å². The molecule has 0 aromatic heterocycles. The minimum atomic E-state index is -1.90. The smallest absolute Gasteiger partial charge is 0.218 e. The normalized spacial score (nSPS) is 53.8. The van der Waals surface area contributed by atoms with Crippen molar-refractivity contribution in [3.05, 3.63) is 32.3 Å². The number of hydrogen-bond donors (Lipinski definition) is 0. The molecule has 166 valence electrons. The minimum absolute atomic E-state index is 0.0171. The summed E-state index contributed by atoms with van der Waals surface area (Å²) in [5, 5.41) is -0.549. The molecular weight excluding hydrogens is 576 g/mol. The van der Waals surface area contributed by atoms with Crippen molar-refractivity contribution in [3.8, 4) is 0 Å². The van der Waals surface area contributed by atoms with Crippen molar-refractivity contribution < 1.29 is 19.1 Å². The Morgan fingerprint density at radius 3 is 1.97 bits per heavy atom. The SMILES string of the molecule is O=C1[C@@H]2[C@@H]([C@@H]3C=C[C@H]1[C@@]1(Cl)C(Cl)=C(Cl)C(=O)[C@]31Cl)[C@@]1(Cl)C(Cl)=C(Cl)[C@@]2(Cl)C12OCCO2. The zero-order chi connectivity index (χ0) is 22.5. The molecule has 1 saturated heterocycles. The number of carbonyl (C=O) groups excluding carboxylic acids is 2. The number of carbonyl (C=O) groups is 2. The van der Waals surface area contributed by atoms with E-state index in [4.69, 9.17) is 102 Å². The van der Waals surface area contributed by atoms with Crippen LogP contribution in [-0.2, 0) is 19.1 Å². The fourth-order valence-corrected chi connectivity index (χ4v) is 10.5. The van der Waals surface area contributed by atoms with Crippen molar-refractivity contribution in [1.29, 1.82) is 0 Å². The predicted molar refractivity (Wildman–Crippen MR) is 120 cm³/mol. The molecule has 0 radical (unpaired) electrons. The number of hydrogen-bond acceptors (Lipinski definition) is 4. The molecule has 4 bridgehead atoms. The van der Waals surface area contributed by atoms with E-state index in [1.165, 1.54) is 0 Å². The van der Waals surface area contributed by atoms with Crippen molar-refractivity contribution in [2.24, 2.45) is 23.7 Å². The minimum Gasteiger partial charge on any atom is -0.344 e. The van der Waals surface area contributed by atoms with Crippen LogP contribution in [0.5, 0.6) is 0 Å². The van der Waals surface area contributed by atoms with Gasteiger partial charge in [0.1, 0.15) is 30.3 Å². The van der Waals surface area contributed by atoms with E-state index in [9.17, 15) is 9.59 Å². The molecule has 0 aromatic rings.